The van der Waals surface area contributed by atoms with Crippen LogP contribution < -0.4 is 0 Å². The molecule has 0 saturated carbocycles. The number of hydrogen-bond acceptors (Lipinski definition) is 4. The SMILES string of the molecule is Cc1ccc(C(=O)[C@H](C)OC(=O)c2cn(-c3ccccc3)nc2-c2ccccc2)cc1. The Morgan fingerprint density at radius 2 is 1.48 bits per heavy atom. The second-order valence-electron chi connectivity index (χ2n) is 7.32. The molecule has 1 heterocycles. The second kappa shape index (κ2) is 8.79. The number of esters is 1. The molecule has 4 aromatic rings. The summed E-state index contributed by atoms with van der Waals surface area (Å²) in [5, 5.41) is 4.62. The Morgan fingerprint density at radius 1 is 0.871 bits per heavy atom. The van der Waals surface area contributed by atoms with Crippen LogP contribution in [0.1, 0.15) is 33.2 Å². The Bertz CT molecular complexity index is 1200. The minimum absolute atomic E-state index is 0.245. The first kappa shape index (κ1) is 20.3. The number of nitrogens with zero attached hydrogens (tertiary/aromatic N) is 2. The molecule has 31 heavy (non-hydrogen) atoms. The number of ether oxygens (including phenoxy) is 1. The Balaban J connectivity index is 1.64. The van der Waals surface area contributed by atoms with Crippen LogP contribution in [0.3, 0.4) is 0 Å². The molecule has 1 atom stereocenters. The lowest BCUT2D eigenvalue weighted by Gasteiger charge is -2.12. The van der Waals surface area contributed by atoms with Gasteiger partial charge < -0.3 is 4.74 Å². The van der Waals surface area contributed by atoms with E-state index in [2.05, 4.69) is 5.10 Å². The predicted octanol–water partition coefficient (Wildman–Crippen LogP) is 5.28. The van der Waals surface area contributed by atoms with Crippen molar-refractivity contribution in [2.45, 2.75) is 20.0 Å². The number of ketones is 1. The number of aryl methyl sites for hydroxylation is 1. The Labute approximate surface area is 180 Å². The molecule has 0 N–H and O–H groups in total. The number of para-hydroxylation sites is 1. The number of benzene rings is 3. The summed E-state index contributed by atoms with van der Waals surface area (Å²) in [5.74, 6) is -0.834. The van der Waals surface area contributed by atoms with Crippen LogP contribution in [0.15, 0.2) is 91.1 Å². The zero-order chi connectivity index (χ0) is 21.8. The lowest BCUT2D eigenvalue weighted by atomic mass is 10.1. The van der Waals surface area contributed by atoms with Crippen molar-refractivity contribution in [3.8, 4) is 16.9 Å². The fourth-order valence-corrected chi connectivity index (χ4v) is 3.28. The molecule has 5 heteroatoms. The van der Waals surface area contributed by atoms with Crippen LogP contribution in [-0.2, 0) is 4.74 Å². The quantitative estimate of drug-likeness (QED) is 0.321. The second-order valence-corrected chi connectivity index (χ2v) is 7.32. The lowest BCUT2D eigenvalue weighted by molar-refractivity contribution is 0.0319. The molecule has 0 radical (unpaired) electrons. The standard InChI is InChI=1S/C26H22N2O3/c1-18-13-15-21(16-14-18)25(29)19(2)31-26(30)23-17-28(22-11-7-4-8-12-22)27-24(23)20-9-5-3-6-10-20/h3-17,19H,1-2H3/t19-/m0/s1. The summed E-state index contributed by atoms with van der Waals surface area (Å²) < 4.78 is 7.20. The molecule has 5 nitrogen and oxygen atoms in total. The van der Waals surface area contributed by atoms with Crippen molar-refractivity contribution in [1.29, 1.82) is 0 Å². The van der Waals surface area contributed by atoms with Crippen LogP contribution in [-0.4, -0.2) is 27.6 Å². The first-order chi connectivity index (χ1) is 15.0. The van der Waals surface area contributed by atoms with Crippen LogP contribution in [0.25, 0.3) is 16.9 Å². The van der Waals surface area contributed by atoms with Gasteiger partial charge in [-0.3, -0.25) is 4.79 Å². The van der Waals surface area contributed by atoms with Gasteiger partial charge in [-0.1, -0.05) is 78.4 Å². The highest BCUT2D eigenvalue weighted by molar-refractivity contribution is 6.02. The zero-order valence-electron chi connectivity index (χ0n) is 17.4. The van der Waals surface area contributed by atoms with Gasteiger partial charge in [0.15, 0.2) is 6.10 Å². The average Bonchev–Trinajstić information content (AvgIpc) is 3.26. The maximum atomic E-state index is 13.1. The van der Waals surface area contributed by atoms with Gasteiger partial charge in [-0.05, 0) is 26.0 Å². The summed E-state index contributed by atoms with van der Waals surface area (Å²) in [7, 11) is 0. The normalized spacial score (nSPS) is 11.7. The largest absolute Gasteiger partial charge is 0.451 e. The Morgan fingerprint density at radius 3 is 2.13 bits per heavy atom. The van der Waals surface area contributed by atoms with Gasteiger partial charge in [-0.25, -0.2) is 9.48 Å². The molecule has 0 aliphatic rings. The summed E-state index contributed by atoms with van der Waals surface area (Å²) in [4.78, 5) is 25.8. The van der Waals surface area contributed by atoms with Crippen molar-refractivity contribution in [3.05, 3.63) is 108 Å². The van der Waals surface area contributed by atoms with Gasteiger partial charge >= 0.3 is 5.97 Å². The summed E-state index contributed by atoms with van der Waals surface area (Å²) in [6.45, 7) is 3.54. The van der Waals surface area contributed by atoms with E-state index in [4.69, 9.17) is 4.74 Å². The van der Waals surface area contributed by atoms with Gasteiger partial charge in [0, 0.05) is 17.3 Å². The molecule has 0 amide bonds. The fourth-order valence-electron chi connectivity index (χ4n) is 3.28. The molecule has 0 spiro atoms. The van der Waals surface area contributed by atoms with E-state index in [0.29, 0.717) is 16.8 Å². The first-order valence-electron chi connectivity index (χ1n) is 10.1. The van der Waals surface area contributed by atoms with Gasteiger partial charge in [-0.2, -0.15) is 5.10 Å². The molecule has 0 aliphatic carbocycles. The number of rotatable bonds is 6. The molecule has 154 valence electrons. The molecular formula is C26H22N2O3. The van der Waals surface area contributed by atoms with E-state index in [1.165, 1.54) is 0 Å². The van der Waals surface area contributed by atoms with Crippen LogP contribution in [0, 0.1) is 6.92 Å². The summed E-state index contributed by atoms with van der Waals surface area (Å²) >= 11 is 0. The fraction of sp³-hybridized carbons (Fsp3) is 0.115. The zero-order valence-corrected chi connectivity index (χ0v) is 17.4. The van der Waals surface area contributed by atoms with Gasteiger partial charge in [0.2, 0.25) is 5.78 Å². The molecule has 0 bridgehead atoms. The van der Waals surface area contributed by atoms with Gasteiger partial charge in [-0.15, -0.1) is 0 Å². The third-order valence-electron chi connectivity index (χ3n) is 4.99. The highest BCUT2D eigenvalue weighted by Crippen LogP contribution is 2.25. The van der Waals surface area contributed by atoms with Crippen molar-refractivity contribution in [2.24, 2.45) is 0 Å². The minimum Gasteiger partial charge on any atom is -0.451 e. The maximum Gasteiger partial charge on any atom is 0.342 e. The van der Waals surface area contributed by atoms with Crippen molar-refractivity contribution < 1.29 is 14.3 Å². The molecule has 0 fully saturated rings. The third-order valence-corrected chi connectivity index (χ3v) is 4.99. The van der Waals surface area contributed by atoms with E-state index in [-0.39, 0.29) is 5.78 Å². The Hall–Kier alpha value is -3.99. The van der Waals surface area contributed by atoms with E-state index in [1.54, 1.807) is 29.9 Å². The van der Waals surface area contributed by atoms with Crippen LogP contribution >= 0.6 is 0 Å². The van der Waals surface area contributed by atoms with Crippen LogP contribution in [0.2, 0.25) is 0 Å². The van der Waals surface area contributed by atoms with E-state index >= 15 is 0 Å². The van der Waals surface area contributed by atoms with E-state index in [0.717, 1.165) is 16.8 Å². The smallest absolute Gasteiger partial charge is 0.342 e. The number of Topliss-reactive ketones (excluding diaryl/α,β-unsaturated/α-hetero) is 1. The van der Waals surface area contributed by atoms with Crippen LogP contribution in [0.5, 0.6) is 0 Å². The molecular weight excluding hydrogens is 388 g/mol. The number of carbonyl (C=O) groups excluding carboxylic acids is 2. The number of carbonyl (C=O) groups is 2. The van der Waals surface area contributed by atoms with Crippen LogP contribution in [0.4, 0.5) is 0 Å². The topological polar surface area (TPSA) is 61.2 Å². The highest BCUT2D eigenvalue weighted by Gasteiger charge is 2.25. The summed E-state index contributed by atoms with van der Waals surface area (Å²) in [6.07, 6.45) is 0.724. The van der Waals surface area contributed by atoms with Crippen molar-refractivity contribution in [2.75, 3.05) is 0 Å². The summed E-state index contributed by atoms with van der Waals surface area (Å²) in [6, 6.07) is 26.2. The molecule has 0 aliphatic heterocycles. The predicted molar refractivity (Wildman–Crippen MR) is 119 cm³/mol. The lowest BCUT2D eigenvalue weighted by Crippen LogP contribution is -2.24. The van der Waals surface area contributed by atoms with Gasteiger partial charge in [0.05, 0.1) is 5.69 Å². The average molecular weight is 410 g/mol. The van der Waals surface area contributed by atoms with E-state index in [9.17, 15) is 9.59 Å². The van der Waals surface area contributed by atoms with E-state index < -0.39 is 12.1 Å². The van der Waals surface area contributed by atoms with Gasteiger partial charge in [0.25, 0.3) is 0 Å². The first-order valence-corrected chi connectivity index (χ1v) is 10.1. The number of hydrogen-bond donors (Lipinski definition) is 0. The number of aromatic nitrogens is 2. The monoisotopic (exact) mass is 410 g/mol. The van der Waals surface area contributed by atoms with Crippen molar-refractivity contribution in [3.63, 3.8) is 0 Å². The van der Waals surface area contributed by atoms with Crippen molar-refractivity contribution in [1.82, 2.24) is 9.78 Å². The molecule has 1 aromatic heterocycles. The maximum absolute atomic E-state index is 13.1. The Kier molecular flexibility index (Phi) is 5.76. The molecule has 0 saturated heterocycles. The molecule has 0 unspecified atom stereocenters. The minimum atomic E-state index is -0.918. The molecule has 3 aromatic carbocycles. The molecule has 4 rings (SSSR count). The third kappa shape index (κ3) is 4.46. The van der Waals surface area contributed by atoms with Gasteiger partial charge in [0.1, 0.15) is 11.3 Å². The van der Waals surface area contributed by atoms with Crippen molar-refractivity contribution >= 4 is 11.8 Å². The highest BCUT2D eigenvalue weighted by atomic mass is 16.5. The van der Waals surface area contributed by atoms with E-state index in [1.807, 2.05) is 79.7 Å². The summed E-state index contributed by atoms with van der Waals surface area (Å²) in [5.41, 5.74) is 3.99.